The highest BCUT2D eigenvalue weighted by molar-refractivity contribution is 5.76. The van der Waals surface area contributed by atoms with Crippen molar-refractivity contribution in [2.24, 2.45) is 0 Å². The molecule has 0 radical (unpaired) electrons. The fourth-order valence-electron chi connectivity index (χ4n) is 2.01. The lowest BCUT2D eigenvalue weighted by atomic mass is 10.1. The molecule has 0 unspecified atom stereocenters. The van der Waals surface area contributed by atoms with Crippen LogP contribution in [0.3, 0.4) is 0 Å². The highest BCUT2D eigenvalue weighted by Crippen LogP contribution is 2.09. The molecule has 22 heavy (non-hydrogen) atoms. The maximum absolute atomic E-state index is 11.6. The second-order valence-electron chi connectivity index (χ2n) is 5.01. The molecule has 4 nitrogen and oxygen atoms in total. The Morgan fingerprint density at radius 1 is 1.14 bits per heavy atom. The van der Waals surface area contributed by atoms with Gasteiger partial charge in [-0.15, -0.1) is 0 Å². The molecule has 4 heteroatoms. The summed E-state index contributed by atoms with van der Waals surface area (Å²) < 4.78 is 0. The molecule has 0 aliphatic heterocycles. The van der Waals surface area contributed by atoms with Gasteiger partial charge in [0, 0.05) is 12.7 Å². The molecule has 0 saturated heterocycles. The van der Waals surface area contributed by atoms with Crippen molar-refractivity contribution >= 4 is 12.1 Å². The van der Waals surface area contributed by atoms with E-state index >= 15 is 0 Å². The monoisotopic (exact) mass is 296 g/mol. The standard InChI is InChI=1S/C18H20N2O2/c1-14-4-2-3-5-16(14)11-13-20-18(22)19-12-10-15-6-8-17(21)9-7-15/h2-9,11,13,21H,10,12H2,1H3,(H2,19,20,22)/b13-11+. The lowest BCUT2D eigenvalue weighted by Gasteiger charge is -2.05. The van der Waals surface area contributed by atoms with Crippen LogP contribution in [0, 0.1) is 6.92 Å². The summed E-state index contributed by atoms with van der Waals surface area (Å²) >= 11 is 0. The summed E-state index contributed by atoms with van der Waals surface area (Å²) in [6.07, 6.45) is 4.22. The van der Waals surface area contributed by atoms with Gasteiger partial charge in [-0.25, -0.2) is 4.79 Å². The van der Waals surface area contributed by atoms with Crippen molar-refractivity contribution in [3.63, 3.8) is 0 Å². The number of aryl methyl sites for hydroxylation is 1. The van der Waals surface area contributed by atoms with E-state index in [0.29, 0.717) is 6.54 Å². The predicted octanol–water partition coefficient (Wildman–Crippen LogP) is 3.21. The molecular weight excluding hydrogens is 276 g/mol. The van der Waals surface area contributed by atoms with Crippen molar-refractivity contribution in [2.45, 2.75) is 13.3 Å². The molecule has 0 aliphatic carbocycles. The van der Waals surface area contributed by atoms with E-state index in [9.17, 15) is 9.90 Å². The number of benzene rings is 2. The molecule has 0 bridgehead atoms. The quantitative estimate of drug-likeness (QED) is 0.793. The average Bonchev–Trinajstić information content (AvgIpc) is 2.51. The zero-order chi connectivity index (χ0) is 15.8. The Labute approximate surface area is 130 Å². The molecule has 0 aromatic heterocycles. The highest BCUT2D eigenvalue weighted by Gasteiger charge is 1.98. The summed E-state index contributed by atoms with van der Waals surface area (Å²) in [5.74, 6) is 0.246. The number of rotatable bonds is 5. The largest absolute Gasteiger partial charge is 0.508 e. The minimum absolute atomic E-state index is 0.233. The first-order chi connectivity index (χ1) is 10.6. The fourth-order valence-corrected chi connectivity index (χ4v) is 2.01. The third-order valence-electron chi connectivity index (χ3n) is 3.30. The van der Waals surface area contributed by atoms with Crippen LogP contribution in [0.4, 0.5) is 4.79 Å². The smallest absolute Gasteiger partial charge is 0.318 e. The Balaban J connectivity index is 1.72. The molecule has 0 atom stereocenters. The van der Waals surface area contributed by atoms with E-state index < -0.39 is 0 Å². The van der Waals surface area contributed by atoms with Crippen LogP contribution in [0.15, 0.2) is 54.7 Å². The van der Waals surface area contributed by atoms with Crippen molar-refractivity contribution in [1.82, 2.24) is 10.6 Å². The first-order valence-corrected chi connectivity index (χ1v) is 7.19. The molecule has 0 spiro atoms. The van der Waals surface area contributed by atoms with Gasteiger partial charge in [0.1, 0.15) is 5.75 Å². The minimum atomic E-state index is -0.233. The van der Waals surface area contributed by atoms with Gasteiger partial charge in [-0.1, -0.05) is 36.4 Å². The van der Waals surface area contributed by atoms with Crippen LogP contribution in [0.5, 0.6) is 5.75 Å². The van der Waals surface area contributed by atoms with Crippen molar-refractivity contribution in [3.05, 3.63) is 71.4 Å². The first kappa shape index (κ1) is 15.6. The lowest BCUT2D eigenvalue weighted by Crippen LogP contribution is -2.33. The molecule has 2 aromatic rings. The number of hydrogen-bond donors (Lipinski definition) is 3. The molecule has 0 aliphatic rings. The maximum Gasteiger partial charge on any atom is 0.318 e. The van der Waals surface area contributed by atoms with Gasteiger partial charge in [0.15, 0.2) is 0 Å². The Morgan fingerprint density at radius 2 is 1.86 bits per heavy atom. The van der Waals surface area contributed by atoms with Crippen LogP contribution in [-0.4, -0.2) is 17.7 Å². The Bertz CT molecular complexity index is 648. The number of phenols is 1. The summed E-state index contributed by atoms with van der Waals surface area (Å²) in [4.78, 5) is 11.6. The molecule has 0 fully saturated rings. The topological polar surface area (TPSA) is 61.4 Å². The number of hydrogen-bond acceptors (Lipinski definition) is 2. The van der Waals surface area contributed by atoms with Gasteiger partial charge >= 0.3 is 6.03 Å². The van der Waals surface area contributed by atoms with Crippen LogP contribution < -0.4 is 10.6 Å². The van der Waals surface area contributed by atoms with Gasteiger partial charge < -0.3 is 15.7 Å². The van der Waals surface area contributed by atoms with E-state index in [1.54, 1.807) is 18.3 Å². The fraction of sp³-hybridized carbons (Fsp3) is 0.167. The van der Waals surface area contributed by atoms with Crippen LogP contribution in [0.1, 0.15) is 16.7 Å². The third-order valence-corrected chi connectivity index (χ3v) is 3.30. The van der Waals surface area contributed by atoms with E-state index in [1.165, 1.54) is 0 Å². The summed E-state index contributed by atoms with van der Waals surface area (Å²) in [6.45, 7) is 2.56. The zero-order valence-corrected chi connectivity index (χ0v) is 12.5. The third kappa shape index (κ3) is 4.98. The van der Waals surface area contributed by atoms with Crippen molar-refractivity contribution in [1.29, 1.82) is 0 Å². The number of urea groups is 1. The maximum atomic E-state index is 11.6. The Kier molecular flexibility index (Phi) is 5.60. The SMILES string of the molecule is Cc1ccccc1/C=C/NC(=O)NCCc1ccc(O)cc1. The number of amides is 2. The molecule has 2 amide bonds. The van der Waals surface area contributed by atoms with Gasteiger partial charge in [-0.05, 0) is 48.2 Å². The van der Waals surface area contributed by atoms with Gasteiger partial charge in [0.25, 0.3) is 0 Å². The molecule has 2 rings (SSSR count). The minimum Gasteiger partial charge on any atom is -0.508 e. The van der Waals surface area contributed by atoms with Crippen molar-refractivity contribution in [3.8, 4) is 5.75 Å². The predicted molar refractivity (Wildman–Crippen MR) is 88.6 cm³/mol. The summed E-state index contributed by atoms with van der Waals surface area (Å²) in [7, 11) is 0. The molecule has 3 N–H and O–H groups in total. The van der Waals surface area contributed by atoms with Gasteiger partial charge in [0.05, 0.1) is 0 Å². The average molecular weight is 296 g/mol. The lowest BCUT2D eigenvalue weighted by molar-refractivity contribution is 0.244. The summed E-state index contributed by atoms with van der Waals surface area (Å²) in [5, 5.41) is 14.7. The number of aromatic hydroxyl groups is 1. The number of nitrogens with one attached hydrogen (secondary N) is 2. The molecular formula is C18H20N2O2. The number of phenolic OH excluding ortho intramolecular Hbond substituents is 1. The van der Waals surface area contributed by atoms with Gasteiger partial charge in [0.2, 0.25) is 0 Å². The number of carbonyl (C=O) groups is 1. The summed E-state index contributed by atoms with van der Waals surface area (Å²) in [6, 6.07) is 14.7. The first-order valence-electron chi connectivity index (χ1n) is 7.19. The van der Waals surface area contributed by atoms with Gasteiger partial charge in [-0.2, -0.15) is 0 Å². The van der Waals surface area contributed by atoms with Crippen LogP contribution in [0.2, 0.25) is 0 Å². The highest BCUT2D eigenvalue weighted by atomic mass is 16.3. The second kappa shape index (κ2) is 7.88. The Morgan fingerprint density at radius 3 is 2.59 bits per heavy atom. The summed E-state index contributed by atoms with van der Waals surface area (Å²) in [5.41, 5.74) is 3.30. The zero-order valence-electron chi connectivity index (χ0n) is 12.5. The molecule has 2 aromatic carbocycles. The van der Waals surface area contributed by atoms with E-state index in [4.69, 9.17) is 0 Å². The van der Waals surface area contributed by atoms with E-state index in [0.717, 1.165) is 23.1 Å². The molecule has 0 saturated carbocycles. The molecule has 114 valence electrons. The van der Waals surface area contributed by atoms with Crippen LogP contribution >= 0.6 is 0 Å². The molecule has 0 heterocycles. The van der Waals surface area contributed by atoms with Crippen LogP contribution in [0.25, 0.3) is 6.08 Å². The second-order valence-corrected chi connectivity index (χ2v) is 5.01. The van der Waals surface area contributed by atoms with Crippen molar-refractivity contribution in [2.75, 3.05) is 6.54 Å². The van der Waals surface area contributed by atoms with E-state index in [2.05, 4.69) is 10.6 Å². The normalized spacial score (nSPS) is 10.6. The van der Waals surface area contributed by atoms with E-state index in [-0.39, 0.29) is 11.8 Å². The Hall–Kier alpha value is -2.75. The van der Waals surface area contributed by atoms with Gasteiger partial charge in [-0.3, -0.25) is 0 Å². The van der Waals surface area contributed by atoms with E-state index in [1.807, 2.05) is 49.4 Å². The van der Waals surface area contributed by atoms with Crippen molar-refractivity contribution < 1.29 is 9.90 Å². The van der Waals surface area contributed by atoms with Crippen LogP contribution in [-0.2, 0) is 6.42 Å². The number of carbonyl (C=O) groups excluding carboxylic acids is 1.